The number of rotatable bonds is 4. The van der Waals surface area contributed by atoms with Gasteiger partial charge in [0, 0.05) is 54.9 Å². The van der Waals surface area contributed by atoms with Gasteiger partial charge < -0.3 is 15.0 Å². The fourth-order valence-electron chi connectivity index (χ4n) is 6.95. The molecule has 3 saturated carbocycles. The second-order valence-electron chi connectivity index (χ2n) is 10.7. The molecule has 3 heterocycles. The van der Waals surface area contributed by atoms with E-state index in [-0.39, 0.29) is 30.3 Å². The summed E-state index contributed by atoms with van der Waals surface area (Å²) in [5.74, 6) is 0.889. The molecule has 4 bridgehead atoms. The van der Waals surface area contributed by atoms with E-state index in [0.29, 0.717) is 38.0 Å². The molecular formula is C25H31FN2O2. The molecule has 7 rings (SSSR count). The van der Waals surface area contributed by atoms with Crippen LogP contribution in [0.4, 0.5) is 4.39 Å². The number of carbonyl (C=O) groups excluding carboxylic acids is 1. The molecule has 1 aromatic heterocycles. The maximum atomic E-state index is 15.3. The Labute approximate surface area is 176 Å². The second-order valence-corrected chi connectivity index (χ2v) is 10.7. The van der Waals surface area contributed by atoms with Crippen molar-refractivity contribution >= 4 is 16.8 Å². The Morgan fingerprint density at radius 2 is 2.07 bits per heavy atom. The predicted octanol–water partition coefficient (Wildman–Crippen LogP) is 4.93. The average molecular weight is 411 g/mol. The Hall–Kier alpha value is -1.88. The van der Waals surface area contributed by atoms with Gasteiger partial charge in [0.2, 0.25) is 5.91 Å². The highest BCUT2D eigenvalue weighted by molar-refractivity contribution is 5.89. The van der Waals surface area contributed by atoms with Crippen molar-refractivity contribution in [3.8, 4) is 0 Å². The first-order chi connectivity index (χ1) is 14.3. The maximum Gasteiger partial charge on any atom is 0.223 e. The number of carbonyl (C=O) groups is 1. The Morgan fingerprint density at radius 3 is 2.87 bits per heavy atom. The minimum atomic E-state index is -1.29. The third kappa shape index (κ3) is 2.92. The fraction of sp³-hybridized carbons (Fsp3) is 0.640. The third-order valence-electron chi connectivity index (χ3n) is 8.28. The molecule has 5 aliphatic rings. The van der Waals surface area contributed by atoms with Crippen molar-refractivity contribution in [3.63, 3.8) is 0 Å². The number of aromatic amines is 1. The molecule has 1 aromatic carbocycles. The first-order valence-electron chi connectivity index (χ1n) is 11.7. The van der Waals surface area contributed by atoms with Crippen molar-refractivity contribution in [2.45, 2.75) is 99.9 Å². The monoisotopic (exact) mass is 410 g/mol. The van der Waals surface area contributed by atoms with Crippen LogP contribution in [0.15, 0.2) is 24.4 Å². The normalized spacial score (nSPS) is 36.3. The molecule has 5 atom stereocenters. The molecule has 5 unspecified atom stereocenters. The topological polar surface area (TPSA) is 56.3 Å². The van der Waals surface area contributed by atoms with Gasteiger partial charge in [0.05, 0.1) is 5.60 Å². The van der Waals surface area contributed by atoms with Crippen LogP contribution in [0.3, 0.4) is 0 Å². The van der Waals surface area contributed by atoms with Gasteiger partial charge in [-0.15, -0.1) is 0 Å². The Morgan fingerprint density at radius 1 is 1.27 bits per heavy atom. The van der Waals surface area contributed by atoms with Gasteiger partial charge >= 0.3 is 0 Å². The summed E-state index contributed by atoms with van der Waals surface area (Å²) in [5, 5.41) is 12.2. The average Bonchev–Trinajstić information content (AvgIpc) is 3.44. The third-order valence-corrected chi connectivity index (χ3v) is 8.28. The molecule has 5 heteroatoms. The molecular weight excluding hydrogens is 379 g/mol. The predicted molar refractivity (Wildman–Crippen MR) is 114 cm³/mol. The molecule has 2 aromatic rings. The second kappa shape index (κ2) is 6.32. The number of aromatic nitrogens is 1. The molecule has 2 aliphatic heterocycles. The lowest BCUT2D eigenvalue weighted by Gasteiger charge is -2.52. The number of halogens is 1. The number of benzene rings is 1. The SMILES string of the molecule is CC(CC(=O)N1C2CCC3(O)CC1CC(F)(C2)C3)c1c[nH]c2cccc(C3CC3)c12. The number of H-pyrrole nitrogens is 1. The largest absolute Gasteiger partial charge is 0.390 e. The van der Waals surface area contributed by atoms with E-state index in [1.807, 2.05) is 4.90 Å². The molecule has 5 fully saturated rings. The Balaban J connectivity index is 1.27. The first kappa shape index (κ1) is 18.9. The van der Waals surface area contributed by atoms with E-state index in [4.69, 9.17) is 0 Å². The Bertz CT molecular complexity index is 1010. The van der Waals surface area contributed by atoms with Crippen molar-refractivity contribution in [1.29, 1.82) is 0 Å². The molecule has 160 valence electrons. The number of piperidine rings is 1. The summed E-state index contributed by atoms with van der Waals surface area (Å²) in [5.41, 5.74) is 1.57. The number of alkyl halides is 1. The van der Waals surface area contributed by atoms with E-state index in [1.54, 1.807) is 0 Å². The van der Waals surface area contributed by atoms with Gasteiger partial charge in [0.25, 0.3) is 0 Å². The highest BCUT2D eigenvalue weighted by Gasteiger charge is 2.58. The lowest BCUT2D eigenvalue weighted by molar-refractivity contribution is -0.152. The van der Waals surface area contributed by atoms with Crippen molar-refractivity contribution in [3.05, 3.63) is 35.5 Å². The van der Waals surface area contributed by atoms with Gasteiger partial charge in [0.15, 0.2) is 0 Å². The number of amides is 1. The lowest BCUT2D eigenvalue weighted by Crippen LogP contribution is -2.60. The zero-order valence-electron chi connectivity index (χ0n) is 17.7. The van der Waals surface area contributed by atoms with E-state index in [9.17, 15) is 9.90 Å². The van der Waals surface area contributed by atoms with Gasteiger partial charge in [-0.05, 0) is 61.1 Å². The molecule has 30 heavy (non-hydrogen) atoms. The van der Waals surface area contributed by atoms with Crippen LogP contribution in [-0.4, -0.2) is 44.3 Å². The highest BCUT2D eigenvalue weighted by atomic mass is 19.1. The zero-order chi connectivity index (χ0) is 20.7. The molecule has 2 N–H and O–H groups in total. The number of fused-ring (bicyclic) bond motifs is 2. The maximum absolute atomic E-state index is 15.3. The van der Waals surface area contributed by atoms with Crippen molar-refractivity contribution in [2.24, 2.45) is 0 Å². The number of nitrogens with one attached hydrogen (secondary N) is 1. The van der Waals surface area contributed by atoms with Gasteiger partial charge in [0.1, 0.15) is 5.67 Å². The summed E-state index contributed by atoms with van der Waals surface area (Å²) in [4.78, 5) is 18.9. The van der Waals surface area contributed by atoms with Crippen LogP contribution in [0.5, 0.6) is 0 Å². The van der Waals surface area contributed by atoms with E-state index in [0.717, 1.165) is 11.9 Å². The number of hydrogen-bond donors (Lipinski definition) is 2. The quantitative estimate of drug-likeness (QED) is 0.751. The van der Waals surface area contributed by atoms with Gasteiger partial charge in [-0.1, -0.05) is 19.1 Å². The summed E-state index contributed by atoms with van der Waals surface area (Å²) in [6, 6.07) is 6.26. The number of nitrogens with zero attached hydrogens (tertiary/aromatic N) is 1. The van der Waals surface area contributed by atoms with Crippen LogP contribution in [0.2, 0.25) is 0 Å². The minimum absolute atomic E-state index is 0.0602. The molecule has 3 aliphatic carbocycles. The standard InChI is InChI=1S/C25H31FN2O2/c1-15(20-13-27-21-4-2-3-19(23(20)21)16-5-6-16)9-22(29)28-17-7-8-25(30)12-18(28)11-24(26,10-17)14-25/h2-4,13,15-18,27,30H,5-12,14H2,1H3. The van der Waals surface area contributed by atoms with Crippen LogP contribution < -0.4 is 0 Å². The molecule has 0 spiro atoms. The van der Waals surface area contributed by atoms with Gasteiger partial charge in [-0.2, -0.15) is 0 Å². The summed E-state index contributed by atoms with van der Waals surface area (Å²) >= 11 is 0. The smallest absolute Gasteiger partial charge is 0.223 e. The summed E-state index contributed by atoms with van der Waals surface area (Å²) in [6.45, 7) is 2.14. The minimum Gasteiger partial charge on any atom is -0.390 e. The number of hydrogen-bond acceptors (Lipinski definition) is 2. The van der Waals surface area contributed by atoms with Crippen LogP contribution in [0.1, 0.15) is 87.7 Å². The zero-order valence-corrected chi connectivity index (χ0v) is 17.7. The highest BCUT2D eigenvalue weighted by Crippen LogP contribution is 2.53. The van der Waals surface area contributed by atoms with Crippen molar-refractivity contribution in [1.82, 2.24) is 9.88 Å². The number of aliphatic hydroxyl groups is 1. The summed E-state index contributed by atoms with van der Waals surface area (Å²) in [6.07, 6.45) is 7.94. The van der Waals surface area contributed by atoms with E-state index >= 15 is 4.39 Å². The van der Waals surface area contributed by atoms with Crippen LogP contribution in [-0.2, 0) is 4.79 Å². The van der Waals surface area contributed by atoms with E-state index < -0.39 is 11.3 Å². The summed E-state index contributed by atoms with van der Waals surface area (Å²) in [7, 11) is 0. The molecule has 4 nitrogen and oxygen atoms in total. The molecule has 2 saturated heterocycles. The fourth-order valence-corrected chi connectivity index (χ4v) is 6.95. The van der Waals surface area contributed by atoms with Crippen LogP contribution >= 0.6 is 0 Å². The first-order valence-corrected chi connectivity index (χ1v) is 11.7. The molecule has 1 amide bonds. The van der Waals surface area contributed by atoms with Crippen molar-refractivity contribution in [2.75, 3.05) is 0 Å². The summed E-state index contributed by atoms with van der Waals surface area (Å²) < 4.78 is 15.3. The van der Waals surface area contributed by atoms with E-state index in [2.05, 4.69) is 36.3 Å². The van der Waals surface area contributed by atoms with Crippen molar-refractivity contribution < 1.29 is 14.3 Å². The molecule has 0 radical (unpaired) electrons. The van der Waals surface area contributed by atoms with Crippen LogP contribution in [0, 0.1) is 0 Å². The lowest BCUT2D eigenvalue weighted by atomic mass is 9.70. The Kier molecular flexibility index (Phi) is 3.97. The van der Waals surface area contributed by atoms with Gasteiger partial charge in [-0.3, -0.25) is 4.79 Å². The van der Waals surface area contributed by atoms with E-state index in [1.165, 1.54) is 29.4 Å². The van der Waals surface area contributed by atoms with Gasteiger partial charge in [-0.25, -0.2) is 4.39 Å². The van der Waals surface area contributed by atoms with Crippen LogP contribution in [0.25, 0.3) is 10.9 Å².